The Morgan fingerprint density at radius 2 is 2.33 bits per heavy atom. The second-order valence-electron chi connectivity index (χ2n) is 5.29. The van der Waals surface area contributed by atoms with Gasteiger partial charge in [0.15, 0.2) is 0 Å². The van der Waals surface area contributed by atoms with Gasteiger partial charge in [0, 0.05) is 31.4 Å². The first-order chi connectivity index (χ1) is 8.78. The monoisotopic (exact) mass is 250 g/mol. The van der Waals surface area contributed by atoms with E-state index in [1.54, 1.807) is 0 Å². The van der Waals surface area contributed by atoms with Gasteiger partial charge in [-0.05, 0) is 32.2 Å². The van der Waals surface area contributed by atoms with Crippen molar-refractivity contribution in [3.8, 4) is 0 Å². The van der Waals surface area contributed by atoms with E-state index in [1.807, 2.05) is 10.9 Å². The molecule has 2 heterocycles. The number of rotatable bonds is 5. The molecule has 2 rings (SSSR count). The third-order valence-electron chi connectivity index (χ3n) is 4.15. The van der Waals surface area contributed by atoms with Crippen molar-refractivity contribution in [1.82, 2.24) is 14.7 Å². The summed E-state index contributed by atoms with van der Waals surface area (Å²) in [7, 11) is 0. The summed E-state index contributed by atoms with van der Waals surface area (Å²) in [5.41, 5.74) is 7.27. The molecule has 4 heteroatoms. The Morgan fingerprint density at radius 3 is 2.94 bits per heavy atom. The van der Waals surface area contributed by atoms with Crippen LogP contribution in [0.1, 0.15) is 44.7 Å². The lowest BCUT2D eigenvalue weighted by Gasteiger charge is -2.37. The van der Waals surface area contributed by atoms with Crippen LogP contribution >= 0.6 is 0 Å². The molecule has 1 aliphatic heterocycles. The zero-order valence-electron chi connectivity index (χ0n) is 11.7. The minimum absolute atomic E-state index is 0.347. The molecule has 0 radical (unpaired) electrons. The fraction of sp³-hybridized carbons (Fsp3) is 0.786. The third-order valence-corrected chi connectivity index (χ3v) is 4.15. The molecular formula is C14H26N4. The van der Waals surface area contributed by atoms with Crippen molar-refractivity contribution >= 4 is 0 Å². The summed E-state index contributed by atoms with van der Waals surface area (Å²) < 4.78 is 1.99. The highest BCUT2D eigenvalue weighted by molar-refractivity contribution is 5.11. The Balaban J connectivity index is 2.07. The lowest BCUT2D eigenvalue weighted by Crippen LogP contribution is -2.40. The first-order valence-corrected chi connectivity index (χ1v) is 7.24. The van der Waals surface area contributed by atoms with Crippen molar-refractivity contribution in [3.05, 3.63) is 18.0 Å². The second-order valence-corrected chi connectivity index (χ2v) is 5.29. The second kappa shape index (κ2) is 6.34. The number of nitrogens with two attached hydrogens (primary N) is 1. The summed E-state index contributed by atoms with van der Waals surface area (Å²) in [6, 6.07) is 0.347. The zero-order chi connectivity index (χ0) is 13.0. The van der Waals surface area contributed by atoms with E-state index in [0.29, 0.717) is 12.6 Å². The molecule has 0 aliphatic carbocycles. The van der Waals surface area contributed by atoms with Gasteiger partial charge in [-0.3, -0.25) is 9.58 Å². The molecule has 1 saturated heterocycles. The predicted molar refractivity (Wildman–Crippen MR) is 74.3 cm³/mol. The fourth-order valence-electron chi connectivity index (χ4n) is 2.93. The minimum Gasteiger partial charge on any atom is -0.329 e. The Labute approximate surface area is 110 Å². The third kappa shape index (κ3) is 2.93. The molecule has 18 heavy (non-hydrogen) atoms. The van der Waals surface area contributed by atoms with E-state index in [1.165, 1.54) is 37.9 Å². The number of aromatic nitrogens is 2. The van der Waals surface area contributed by atoms with Gasteiger partial charge in [-0.15, -0.1) is 0 Å². The van der Waals surface area contributed by atoms with Gasteiger partial charge in [0.05, 0.1) is 12.2 Å². The summed E-state index contributed by atoms with van der Waals surface area (Å²) in [4.78, 5) is 2.55. The average molecular weight is 250 g/mol. The highest BCUT2D eigenvalue weighted by Gasteiger charge is 2.26. The SMILES string of the molecule is CCC1CCCN(C(CN)c2cnn(CC)c2)C1. The summed E-state index contributed by atoms with van der Waals surface area (Å²) in [5, 5.41) is 4.37. The van der Waals surface area contributed by atoms with E-state index in [2.05, 4.69) is 30.0 Å². The van der Waals surface area contributed by atoms with Crippen LogP contribution in [0.4, 0.5) is 0 Å². The van der Waals surface area contributed by atoms with Gasteiger partial charge < -0.3 is 5.73 Å². The Kier molecular flexibility index (Phi) is 4.78. The van der Waals surface area contributed by atoms with E-state index < -0.39 is 0 Å². The van der Waals surface area contributed by atoms with Crippen LogP contribution in [-0.2, 0) is 6.54 Å². The van der Waals surface area contributed by atoms with E-state index in [9.17, 15) is 0 Å². The topological polar surface area (TPSA) is 47.1 Å². The standard InChI is InChI=1S/C14H26N4/c1-3-12-6-5-7-17(10-12)14(8-15)13-9-16-18(4-2)11-13/h9,11-12,14H,3-8,10,15H2,1-2H3. The van der Waals surface area contributed by atoms with Crippen LogP contribution in [0.5, 0.6) is 0 Å². The maximum Gasteiger partial charge on any atom is 0.0538 e. The molecule has 1 aliphatic rings. The summed E-state index contributed by atoms with van der Waals surface area (Å²) in [5.74, 6) is 0.842. The Bertz CT molecular complexity index is 360. The molecule has 0 saturated carbocycles. The molecule has 1 aromatic rings. The van der Waals surface area contributed by atoms with Gasteiger partial charge in [0.25, 0.3) is 0 Å². The summed E-state index contributed by atoms with van der Waals surface area (Å²) >= 11 is 0. The molecular weight excluding hydrogens is 224 g/mol. The number of nitrogens with zero attached hydrogens (tertiary/aromatic N) is 3. The molecule has 0 aromatic carbocycles. The van der Waals surface area contributed by atoms with Gasteiger partial charge in [0.1, 0.15) is 0 Å². The maximum absolute atomic E-state index is 5.99. The molecule has 0 amide bonds. The number of piperidine rings is 1. The molecule has 1 fully saturated rings. The summed E-state index contributed by atoms with van der Waals surface area (Å²) in [6.45, 7) is 8.38. The molecule has 4 nitrogen and oxygen atoms in total. The number of hydrogen-bond donors (Lipinski definition) is 1. The minimum atomic E-state index is 0.347. The van der Waals surface area contributed by atoms with Crippen molar-refractivity contribution in [1.29, 1.82) is 0 Å². The van der Waals surface area contributed by atoms with E-state index >= 15 is 0 Å². The largest absolute Gasteiger partial charge is 0.329 e. The van der Waals surface area contributed by atoms with Crippen molar-refractivity contribution in [2.75, 3.05) is 19.6 Å². The van der Waals surface area contributed by atoms with Crippen LogP contribution < -0.4 is 5.73 Å². The average Bonchev–Trinajstić information content (AvgIpc) is 2.88. The van der Waals surface area contributed by atoms with Crippen molar-refractivity contribution in [2.24, 2.45) is 11.7 Å². The highest BCUT2D eigenvalue weighted by Crippen LogP contribution is 2.27. The molecule has 1 aromatic heterocycles. The van der Waals surface area contributed by atoms with E-state index in [4.69, 9.17) is 5.73 Å². The maximum atomic E-state index is 5.99. The first-order valence-electron chi connectivity index (χ1n) is 7.24. The Morgan fingerprint density at radius 1 is 1.50 bits per heavy atom. The highest BCUT2D eigenvalue weighted by atomic mass is 15.3. The smallest absolute Gasteiger partial charge is 0.0538 e. The van der Waals surface area contributed by atoms with Crippen molar-refractivity contribution in [3.63, 3.8) is 0 Å². The quantitative estimate of drug-likeness (QED) is 0.869. The number of hydrogen-bond acceptors (Lipinski definition) is 3. The van der Waals surface area contributed by atoms with Gasteiger partial charge in [-0.25, -0.2) is 0 Å². The van der Waals surface area contributed by atoms with Gasteiger partial charge in [-0.2, -0.15) is 5.10 Å². The van der Waals surface area contributed by atoms with Crippen LogP contribution in [0.3, 0.4) is 0 Å². The predicted octanol–water partition coefficient (Wildman–Crippen LogP) is 2.02. The Hall–Kier alpha value is -0.870. The number of aryl methyl sites for hydroxylation is 1. The van der Waals surface area contributed by atoms with Crippen molar-refractivity contribution in [2.45, 2.75) is 45.7 Å². The molecule has 102 valence electrons. The lowest BCUT2D eigenvalue weighted by atomic mass is 9.93. The summed E-state index contributed by atoms with van der Waals surface area (Å²) in [6.07, 6.45) is 8.08. The number of likely N-dealkylation sites (tertiary alicyclic amines) is 1. The zero-order valence-corrected chi connectivity index (χ0v) is 11.7. The van der Waals surface area contributed by atoms with Gasteiger partial charge >= 0.3 is 0 Å². The fourth-order valence-corrected chi connectivity index (χ4v) is 2.93. The molecule has 0 spiro atoms. The molecule has 2 N–H and O–H groups in total. The van der Waals surface area contributed by atoms with E-state index in [0.717, 1.165) is 12.5 Å². The van der Waals surface area contributed by atoms with E-state index in [-0.39, 0.29) is 0 Å². The van der Waals surface area contributed by atoms with Gasteiger partial charge in [-0.1, -0.05) is 13.3 Å². The van der Waals surface area contributed by atoms with Crippen LogP contribution in [0, 0.1) is 5.92 Å². The first kappa shape index (κ1) is 13.6. The van der Waals surface area contributed by atoms with Crippen molar-refractivity contribution < 1.29 is 0 Å². The van der Waals surface area contributed by atoms with Crippen LogP contribution in [-0.4, -0.2) is 34.3 Å². The molecule has 2 atom stereocenters. The molecule has 0 bridgehead atoms. The normalized spacial score (nSPS) is 23.2. The van der Waals surface area contributed by atoms with Crippen LogP contribution in [0.2, 0.25) is 0 Å². The molecule has 2 unspecified atom stereocenters. The lowest BCUT2D eigenvalue weighted by molar-refractivity contribution is 0.124. The van der Waals surface area contributed by atoms with Crippen LogP contribution in [0.15, 0.2) is 12.4 Å². The van der Waals surface area contributed by atoms with Crippen LogP contribution in [0.25, 0.3) is 0 Å². The van der Waals surface area contributed by atoms with Gasteiger partial charge in [0.2, 0.25) is 0 Å².